The lowest BCUT2D eigenvalue weighted by Crippen LogP contribution is -2.07. The molecule has 5 heteroatoms. The molecule has 0 N–H and O–H groups in total. The third-order valence-corrected chi connectivity index (χ3v) is 2.40. The second-order valence-corrected chi connectivity index (χ2v) is 3.71. The number of benzene rings is 1. The molecule has 0 aliphatic rings. The second-order valence-electron chi connectivity index (χ2n) is 2.55. The predicted octanol–water partition coefficient (Wildman–Crippen LogP) is 3.10. The van der Waals surface area contributed by atoms with E-state index >= 15 is 0 Å². The number of Topliss-reactive ketones (excluding diaryl/α,β-unsaturated/α-hetero) is 1. The highest BCUT2D eigenvalue weighted by atomic mass is 127. The van der Waals surface area contributed by atoms with Crippen LogP contribution in [0.4, 0.5) is 8.78 Å². The summed E-state index contributed by atoms with van der Waals surface area (Å²) < 4.78 is 28.8. The van der Waals surface area contributed by atoms with E-state index in [9.17, 15) is 13.6 Å². The molecule has 1 aromatic rings. The molecule has 0 heterocycles. The molecule has 0 bridgehead atoms. The minimum atomic E-state index is -2.91. The summed E-state index contributed by atoms with van der Waals surface area (Å²) in [6.07, 6.45) is 0. The van der Waals surface area contributed by atoms with Crippen LogP contribution in [0.3, 0.4) is 0 Å². The molecule has 1 aromatic carbocycles. The minimum Gasteiger partial charge on any atom is -0.433 e. The van der Waals surface area contributed by atoms with Gasteiger partial charge in [0.05, 0.1) is 9.13 Å². The molecule has 1 rings (SSSR count). The first kappa shape index (κ1) is 11.4. The zero-order valence-corrected chi connectivity index (χ0v) is 9.42. The molecule has 2 nitrogen and oxygen atoms in total. The van der Waals surface area contributed by atoms with Crippen molar-refractivity contribution in [3.63, 3.8) is 0 Å². The van der Waals surface area contributed by atoms with Crippen LogP contribution in [0.2, 0.25) is 0 Å². The van der Waals surface area contributed by atoms with E-state index in [0.717, 1.165) is 0 Å². The Morgan fingerprint density at radius 3 is 2.64 bits per heavy atom. The number of hydrogen-bond acceptors (Lipinski definition) is 2. The quantitative estimate of drug-likeness (QED) is 0.633. The summed E-state index contributed by atoms with van der Waals surface area (Å²) in [7, 11) is 0. The molecule has 0 saturated carbocycles. The molecule has 0 spiro atoms. The van der Waals surface area contributed by atoms with E-state index in [1.807, 2.05) is 22.6 Å². The monoisotopic (exact) mass is 312 g/mol. The molecule has 14 heavy (non-hydrogen) atoms. The number of rotatable bonds is 3. The van der Waals surface area contributed by atoms with E-state index in [1.165, 1.54) is 13.0 Å². The molecule has 0 unspecified atom stereocenters. The van der Waals surface area contributed by atoms with E-state index in [1.54, 1.807) is 12.1 Å². The molecule has 0 aromatic heterocycles. The lowest BCUT2D eigenvalue weighted by molar-refractivity contribution is -0.0507. The summed E-state index contributed by atoms with van der Waals surface area (Å²) in [4.78, 5) is 11.1. The Labute approximate surface area is 93.4 Å². The van der Waals surface area contributed by atoms with Crippen LogP contribution in [0.15, 0.2) is 18.2 Å². The van der Waals surface area contributed by atoms with Crippen LogP contribution in [0, 0.1) is 3.57 Å². The van der Waals surface area contributed by atoms with Crippen molar-refractivity contribution in [3.05, 3.63) is 27.3 Å². The van der Waals surface area contributed by atoms with Gasteiger partial charge in [0, 0.05) is 0 Å². The maximum Gasteiger partial charge on any atom is 0.387 e. The van der Waals surface area contributed by atoms with Crippen molar-refractivity contribution >= 4 is 28.4 Å². The molecule has 76 valence electrons. The predicted molar refractivity (Wildman–Crippen MR) is 55.8 cm³/mol. The van der Waals surface area contributed by atoms with E-state index < -0.39 is 6.61 Å². The highest BCUT2D eigenvalue weighted by Gasteiger charge is 2.15. The maximum absolute atomic E-state index is 12.0. The molecule has 0 radical (unpaired) electrons. The van der Waals surface area contributed by atoms with Gasteiger partial charge in [0.1, 0.15) is 5.75 Å². The third-order valence-electron chi connectivity index (χ3n) is 1.55. The van der Waals surface area contributed by atoms with E-state index in [2.05, 4.69) is 4.74 Å². The molecule has 0 atom stereocenters. The molecular formula is C9H7F2IO2. The van der Waals surface area contributed by atoms with E-state index in [-0.39, 0.29) is 17.1 Å². The lowest BCUT2D eigenvalue weighted by atomic mass is 10.1. The third kappa shape index (κ3) is 2.63. The van der Waals surface area contributed by atoms with Crippen molar-refractivity contribution in [1.29, 1.82) is 0 Å². The summed E-state index contributed by atoms with van der Waals surface area (Å²) in [6.45, 7) is -1.60. The maximum atomic E-state index is 12.0. The number of carbonyl (C=O) groups is 1. The largest absolute Gasteiger partial charge is 0.433 e. The Hall–Kier alpha value is -0.720. The average Bonchev–Trinajstić information content (AvgIpc) is 2.07. The standard InChI is InChI=1S/C9H7F2IO2/c1-5(13)6-3-2-4-7(12)8(6)14-9(10)11/h2-4,9H,1H3. The Balaban J connectivity index is 3.15. The Morgan fingerprint density at radius 1 is 1.50 bits per heavy atom. The van der Waals surface area contributed by atoms with Crippen molar-refractivity contribution in [2.45, 2.75) is 13.5 Å². The fourth-order valence-corrected chi connectivity index (χ4v) is 1.62. The van der Waals surface area contributed by atoms with Gasteiger partial charge < -0.3 is 4.74 Å². The highest BCUT2D eigenvalue weighted by molar-refractivity contribution is 14.1. The van der Waals surface area contributed by atoms with Gasteiger partial charge in [-0.3, -0.25) is 4.79 Å². The zero-order valence-electron chi connectivity index (χ0n) is 7.26. The topological polar surface area (TPSA) is 26.3 Å². The summed E-state index contributed by atoms with van der Waals surface area (Å²) in [5.74, 6) is -0.338. The van der Waals surface area contributed by atoms with Crippen molar-refractivity contribution in [2.75, 3.05) is 0 Å². The Morgan fingerprint density at radius 2 is 2.14 bits per heavy atom. The van der Waals surface area contributed by atoms with Gasteiger partial charge in [-0.25, -0.2) is 0 Å². The number of ether oxygens (including phenoxy) is 1. The van der Waals surface area contributed by atoms with Crippen molar-refractivity contribution in [2.24, 2.45) is 0 Å². The van der Waals surface area contributed by atoms with Gasteiger partial charge in [-0.15, -0.1) is 0 Å². The van der Waals surface area contributed by atoms with Crippen LogP contribution in [-0.4, -0.2) is 12.4 Å². The van der Waals surface area contributed by atoms with Gasteiger partial charge in [-0.1, -0.05) is 6.07 Å². The number of alkyl halides is 2. The van der Waals surface area contributed by atoms with Gasteiger partial charge in [0.15, 0.2) is 5.78 Å². The number of hydrogen-bond donors (Lipinski definition) is 0. The molecule has 0 aliphatic carbocycles. The van der Waals surface area contributed by atoms with Crippen LogP contribution in [-0.2, 0) is 0 Å². The number of ketones is 1. The lowest BCUT2D eigenvalue weighted by Gasteiger charge is -2.09. The smallest absolute Gasteiger partial charge is 0.387 e. The van der Waals surface area contributed by atoms with E-state index in [4.69, 9.17) is 0 Å². The SMILES string of the molecule is CC(=O)c1cccc(I)c1OC(F)F. The van der Waals surface area contributed by atoms with E-state index in [0.29, 0.717) is 3.57 Å². The first-order chi connectivity index (χ1) is 6.52. The summed E-state index contributed by atoms with van der Waals surface area (Å²) in [5.41, 5.74) is 0.178. The second kappa shape index (κ2) is 4.68. The van der Waals surface area contributed by atoms with Crippen LogP contribution in [0.5, 0.6) is 5.75 Å². The average molecular weight is 312 g/mol. The number of para-hydroxylation sites is 1. The number of halogens is 3. The normalized spacial score (nSPS) is 10.4. The van der Waals surface area contributed by atoms with Crippen LogP contribution in [0.25, 0.3) is 0 Å². The van der Waals surface area contributed by atoms with Crippen LogP contribution < -0.4 is 4.74 Å². The summed E-state index contributed by atoms with van der Waals surface area (Å²) >= 11 is 1.84. The summed E-state index contributed by atoms with van der Waals surface area (Å²) in [5, 5.41) is 0. The Kier molecular flexibility index (Phi) is 3.79. The zero-order chi connectivity index (χ0) is 10.7. The van der Waals surface area contributed by atoms with Crippen LogP contribution >= 0.6 is 22.6 Å². The molecule has 0 aliphatic heterocycles. The van der Waals surface area contributed by atoms with Crippen molar-refractivity contribution in [3.8, 4) is 5.75 Å². The minimum absolute atomic E-state index is 0.0457. The fourth-order valence-electron chi connectivity index (χ4n) is 0.995. The van der Waals surface area contributed by atoms with Crippen LogP contribution in [0.1, 0.15) is 17.3 Å². The van der Waals surface area contributed by atoms with Gasteiger partial charge in [-0.2, -0.15) is 8.78 Å². The fraction of sp³-hybridized carbons (Fsp3) is 0.222. The van der Waals surface area contributed by atoms with Gasteiger partial charge in [0.2, 0.25) is 0 Å². The highest BCUT2D eigenvalue weighted by Crippen LogP contribution is 2.27. The molecule has 0 amide bonds. The first-order valence-corrected chi connectivity index (χ1v) is 4.84. The molecule has 0 fully saturated rings. The van der Waals surface area contributed by atoms with Gasteiger partial charge in [-0.05, 0) is 41.6 Å². The van der Waals surface area contributed by atoms with Crippen molar-refractivity contribution < 1.29 is 18.3 Å². The van der Waals surface area contributed by atoms with Crippen molar-refractivity contribution in [1.82, 2.24) is 0 Å². The number of carbonyl (C=O) groups excluding carboxylic acids is 1. The Bertz CT molecular complexity index is 353. The van der Waals surface area contributed by atoms with Gasteiger partial charge in [0.25, 0.3) is 0 Å². The first-order valence-electron chi connectivity index (χ1n) is 3.76. The molecule has 0 saturated heterocycles. The summed E-state index contributed by atoms with van der Waals surface area (Å²) in [6, 6.07) is 4.68. The van der Waals surface area contributed by atoms with Gasteiger partial charge >= 0.3 is 6.61 Å². The molecular weight excluding hydrogens is 305 g/mol.